The second kappa shape index (κ2) is 13.9. The lowest BCUT2D eigenvalue weighted by Crippen LogP contribution is -2.34. The van der Waals surface area contributed by atoms with Gasteiger partial charge in [-0.2, -0.15) is 0 Å². The minimum atomic E-state index is -3.69. The molecule has 1 aliphatic rings. The zero-order chi connectivity index (χ0) is 25.3. The van der Waals surface area contributed by atoms with E-state index in [2.05, 4.69) is 16.5 Å². The van der Waals surface area contributed by atoms with E-state index in [1.54, 1.807) is 24.3 Å². The van der Waals surface area contributed by atoms with Crippen LogP contribution in [0.4, 0.5) is 0 Å². The van der Waals surface area contributed by atoms with Gasteiger partial charge in [0.25, 0.3) is 0 Å². The molecule has 2 aromatic carbocycles. The maximum absolute atomic E-state index is 12.9. The standard InChI is InChI=1S/C25H34Cl2N2O5S/c1-3-29-17-23(22-15-20(26)16-25(27)24(22)18-29)19-6-5-7-21(14-19)35(30,31)28-8-9-33-12-13-34-11-10-32-4-2/h5-7,14-16,23,28H,3-4,8-13,17-18H2,1-2H3. The zero-order valence-corrected chi connectivity index (χ0v) is 22.6. The number of sulfonamides is 1. The van der Waals surface area contributed by atoms with Gasteiger partial charge in [-0.05, 0) is 54.4 Å². The maximum atomic E-state index is 12.9. The number of likely N-dealkylation sites (N-methyl/N-ethyl adjacent to an activating group) is 1. The van der Waals surface area contributed by atoms with E-state index < -0.39 is 10.0 Å². The van der Waals surface area contributed by atoms with Crippen LogP contribution in [-0.2, 0) is 30.8 Å². The van der Waals surface area contributed by atoms with Gasteiger partial charge in [-0.3, -0.25) is 4.90 Å². The van der Waals surface area contributed by atoms with Crippen LogP contribution in [0.1, 0.15) is 36.5 Å². The first-order chi connectivity index (χ1) is 16.9. The van der Waals surface area contributed by atoms with Crippen molar-refractivity contribution in [3.8, 4) is 0 Å². The largest absolute Gasteiger partial charge is 0.379 e. The molecule has 194 valence electrons. The molecule has 0 saturated heterocycles. The Morgan fingerprint density at radius 2 is 1.71 bits per heavy atom. The Balaban J connectivity index is 1.61. The van der Waals surface area contributed by atoms with Gasteiger partial charge in [0, 0.05) is 42.2 Å². The fourth-order valence-electron chi connectivity index (χ4n) is 4.09. The Bertz CT molecular complexity index is 1070. The third-order valence-corrected chi connectivity index (χ3v) is 7.91. The molecule has 2 aromatic rings. The predicted octanol–water partition coefficient (Wildman–Crippen LogP) is 4.31. The van der Waals surface area contributed by atoms with Crippen molar-refractivity contribution in [3.63, 3.8) is 0 Å². The molecule has 1 N–H and O–H groups in total. The molecule has 1 heterocycles. The minimum absolute atomic E-state index is 0.0314. The summed E-state index contributed by atoms with van der Waals surface area (Å²) >= 11 is 12.8. The van der Waals surface area contributed by atoms with Crippen LogP contribution in [-0.4, -0.2) is 72.6 Å². The third-order valence-electron chi connectivity index (χ3n) is 5.90. The van der Waals surface area contributed by atoms with Gasteiger partial charge in [0.2, 0.25) is 10.0 Å². The summed E-state index contributed by atoms with van der Waals surface area (Å²) in [5, 5.41) is 1.22. The summed E-state index contributed by atoms with van der Waals surface area (Å²) < 4.78 is 44.5. The molecule has 10 heteroatoms. The second-order valence-corrected chi connectivity index (χ2v) is 10.8. The number of hydrogen-bond acceptors (Lipinski definition) is 6. The highest BCUT2D eigenvalue weighted by Gasteiger charge is 2.29. The Morgan fingerprint density at radius 3 is 2.43 bits per heavy atom. The summed E-state index contributed by atoms with van der Waals surface area (Å²) in [6, 6.07) is 10.8. The maximum Gasteiger partial charge on any atom is 0.240 e. The van der Waals surface area contributed by atoms with Crippen LogP contribution in [0.5, 0.6) is 0 Å². The van der Waals surface area contributed by atoms with Crippen LogP contribution in [0.2, 0.25) is 10.0 Å². The number of fused-ring (bicyclic) bond motifs is 1. The molecule has 0 amide bonds. The van der Waals surface area contributed by atoms with E-state index in [9.17, 15) is 8.42 Å². The lowest BCUT2D eigenvalue weighted by Gasteiger charge is -2.35. The molecule has 0 fully saturated rings. The summed E-state index contributed by atoms with van der Waals surface area (Å²) in [7, 11) is -3.69. The van der Waals surface area contributed by atoms with Crippen molar-refractivity contribution in [1.82, 2.24) is 9.62 Å². The lowest BCUT2D eigenvalue weighted by atomic mass is 9.84. The smallest absolute Gasteiger partial charge is 0.240 e. The second-order valence-electron chi connectivity index (χ2n) is 8.23. The molecular weight excluding hydrogens is 511 g/mol. The Labute approximate surface area is 218 Å². The van der Waals surface area contributed by atoms with E-state index in [0.717, 1.165) is 36.3 Å². The zero-order valence-electron chi connectivity index (χ0n) is 20.3. The average molecular weight is 546 g/mol. The van der Waals surface area contributed by atoms with Crippen molar-refractivity contribution in [1.29, 1.82) is 0 Å². The van der Waals surface area contributed by atoms with Gasteiger partial charge in [-0.15, -0.1) is 0 Å². The van der Waals surface area contributed by atoms with Gasteiger partial charge in [-0.25, -0.2) is 13.1 Å². The molecule has 0 spiro atoms. The summed E-state index contributed by atoms with van der Waals surface area (Å²) in [6.07, 6.45) is 0. The molecule has 0 radical (unpaired) electrons. The molecule has 3 rings (SSSR count). The summed E-state index contributed by atoms with van der Waals surface area (Å²) in [5.41, 5.74) is 3.00. The number of ether oxygens (including phenoxy) is 3. The summed E-state index contributed by atoms with van der Waals surface area (Å²) in [5.74, 6) is -0.0314. The molecule has 0 aliphatic carbocycles. The number of hydrogen-bond donors (Lipinski definition) is 1. The monoisotopic (exact) mass is 544 g/mol. The fourth-order valence-corrected chi connectivity index (χ4v) is 5.72. The first-order valence-electron chi connectivity index (χ1n) is 11.9. The van der Waals surface area contributed by atoms with Crippen LogP contribution in [0.25, 0.3) is 0 Å². The van der Waals surface area contributed by atoms with Gasteiger partial charge in [0.1, 0.15) is 0 Å². The third kappa shape index (κ3) is 8.13. The van der Waals surface area contributed by atoms with E-state index in [4.69, 9.17) is 37.4 Å². The van der Waals surface area contributed by atoms with Crippen molar-refractivity contribution in [2.75, 3.05) is 59.3 Å². The normalized spacial score (nSPS) is 16.4. The molecule has 0 aromatic heterocycles. The molecule has 1 unspecified atom stereocenters. The topological polar surface area (TPSA) is 77.1 Å². The van der Waals surface area contributed by atoms with Crippen LogP contribution in [0.15, 0.2) is 41.3 Å². The summed E-state index contributed by atoms with van der Waals surface area (Å²) in [6.45, 7) is 9.40. The molecule has 1 aliphatic heterocycles. The van der Waals surface area contributed by atoms with E-state index >= 15 is 0 Å². The fraction of sp³-hybridized carbons (Fsp3) is 0.520. The molecule has 35 heavy (non-hydrogen) atoms. The van der Waals surface area contributed by atoms with Gasteiger partial charge in [-0.1, -0.05) is 42.3 Å². The van der Waals surface area contributed by atoms with Crippen molar-refractivity contribution in [2.24, 2.45) is 0 Å². The van der Waals surface area contributed by atoms with Crippen LogP contribution in [0, 0.1) is 0 Å². The van der Waals surface area contributed by atoms with E-state index in [0.29, 0.717) is 43.1 Å². The quantitative estimate of drug-likeness (QED) is 0.357. The SMILES string of the molecule is CCOCCOCCOCCNS(=O)(=O)c1cccc(C2CN(CC)Cc3c(Cl)cc(Cl)cc32)c1. The molecule has 1 atom stereocenters. The highest BCUT2D eigenvalue weighted by atomic mass is 35.5. The van der Waals surface area contributed by atoms with E-state index in [-0.39, 0.29) is 24.0 Å². The first-order valence-corrected chi connectivity index (χ1v) is 14.1. The summed E-state index contributed by atoms with van der Waals surface area (Å²) in [4.78, 5) is 2.52. The Kier molecular flexibility index (Phi) is 11.3. The Hall–Kier alpha value is -1.23. The highest BCUT2D eigenvalue weighted by molar-refractivity contribution is 7.89. The van der Waals surface area contributed by atoms with Gasteiger partial charge in [0.15, 0.2) is 0 Å². The van der Waals surface area contributed by atoms with Crippen LogP contribution >= 0.6 is 23.2 Å². The van der Waals surface area contributed by atoms with E-state index in [1.807, 2.05) is 19.1 Å². The van der Waals surface area contributed by atoms with E-state index in [1.165, 1.54) is 0 Å². The van der Waals surface area contributed by atoms with Crippen molar-refractivity contribution < 1.29 is 22.6 Å². The number of nitrogens with zero attached hydrogens (tertiary/aromatic N) is 1. The molecular formula is C25H34Cl2N2O5S. The van der Waals surface area contributed by atoms with Gasteiger partial charge < -0.3 is 14.2 Å². The lowest BCUT2D eigenvalue weighted by molar-refractivity contribution is 0.0181. The van der Waals surface area contributed by atoms with Crippen molar-refractivity contribution in [2.45, 2.75) is 31.2 Å². The van der Waals surface area contributed by atoms with Crippen LogP contribution in [0.3, 0.4) is 0 Å². The number of rotatable bonds is 14. The molecule has 0 saturated carbocycles. The minimum Gasteiger partial charge on any atom is -0.379 e. The first kappa shape index (κ1) is 28.3. The Morgan fingerprint density at radius 1 is 1.00 bits per heavy atom. The highest BCUT2D eigenvalue weighted by Crippen LogP contribution is 2.39. The van der Waals surface area contributed by atoms with Crippen LogP contribution < -0.4 is 4.72 Å². The van der Waals surface area contributed by atoms with Crippen molar-refractivity contribution in [3.05, 3.63) is 63.1 Å². The average Bonchev–Trinajstić information content (AvgIpc) is 2.84. The number of halogens is 2. The molecule has 0 bridgehead atoms. The van der Waals surface area contributed by atoms with Gasteiger partial charge >= 0.3 is 0 Å². The number of nitrogens with one attached hydrogen (secondary N) is 1. The predicted molar refractivity (Wildman–Crippen MR) is 139 cm³/mol. The van der Waals surface area contributed by atoms with Crippen molar-refractivity contribution >= 4 is 33.2 Å². The van der Waals surface area contributed by atoms with Gasteiger partial charge in [0.05, 0.1) is 37.9 Å². The number of benzene rings is 2. The molecule has 7 nitrogen and oxygen atoms in total.